The van der Waals surface area contributed by atoms with Crippen LogP contribution in [0.1, 0.15) is 21.0 Å². The molecule has 2 aromatic rings. The molecule has 21 heavy (non-hydrogen) atoms. The van der Waals surface area contributed by atoms with Gasteiger partial charge in [0.15, 0.2) is 0 Å². The number of carboxylic acid groups (broad SMARTS) is 1. The summed E-state index contributed by atoms with van der Waals surface area (Å²) in [5, 5.41) is 8.89. The highest BCUT2D eigenvalue weighted by atomic mass is 32.2. The van der Waals surface area contributed by atoms with E-state index in [2.05, 4.69) is 9.71 Å². The summed E-state index contributed by atoms with van der Waals surface area (Å²) in [4.78, 5) is 15.3. The third-order valence-corrected chi connectivity index (χ3v) is 5.57. The number of nitrogens with zero attached hydrogens (tertiary/aromatic N) is 2. The lowest BCUT2D eigenvalue weighted by Crippen LogP contribution is -2.25. The van der Waals surface area contributed by atoms with Crippen LogP contribution in [0.3, 0.4) is 0 Å². The largest absolute Gasteiger partial charge is 0.477 e. The van der Waals surface area contributed by atoms with E-state index in [0.29, 0.717) is 17.8 Å². The highest BCUT2D eigenvalue weighted by Crippen LogP contribution is 2.25. The number of aryl methyl sites for hydroxylation is 2. The van der Waals surface area contributed by atoms with Crippen molar-refractivity contribution >= 4 is 27.3 Å². The molecule has 114 valence electrons. The lowest BCUT2D eigenvalue weighted by atomic mass is 10.4. The molecule has 9 heteroatoms. The Kier molecular flexibility index (Phi) is 4.76. The van der Waals surface area contributed by atoms with E-state index in [1.54, 1.807) is 25.6 Å². The lowest BCUT2D eigenvalue weighted by Gasteiger charge is -2.06. The molecule has 0 atom stereocenters. The van der Waals surface area contributed by atoms with E-state index >= 15 is 0 Å². The molecular formula is C12H15N3O4S2. The summed E-state index contributed by atoms with van der Waals surface area (Å²) in [6.07, 6.45) is 5.74. The van der Waals surface area contributed by atoms with Gasteiger partial charge in [-0.3, -0.25) is 0 Å². The molecule has 2 rings (SSSR count). The molecule has 0 aliphatic heterocycles. The van der Waals surface area contributed by atoms with Gasteiger partial charge in [0.25, 0.3) is 0 Å². The number of aromatic carboxylic acids is 1. The van der Waals surface area contributed by atoms with E-state index in [1.165, 1.54) is 6.07 Å². The Morgan fingerprint density at radius 2 is 2.29 bits per heavy atom. The van der Waals surface area contributed by atoms with Crippen molar-refractivity contribution in [2.75, 3.05) is 6.54 Å². The van der Waals surface area contributed by atoms with Gasteiger partial charge >= 0.3 is 5.97 Å². The lowest BCUT2D eigenvalue weighted by molar-refractivity contribution is 0.0702. The molecule has 0 saturated carbocycles. The molecule has 0 aliphatic carbocycles. The van der Waals surface area contributed by atoms with Crippen LogP contribution in [-0.2, 0) is 16.6 Å². The van der Waals surface area contributed by atoms with E-state index in [9.17, 15) is 13.2 Å². The van der Waals surface area contributed by atoms with Crippen molar-refractivity contribution in [3.63, 3.8) is 0 Å². The number of carbonyl (C=O) groups is 1. The molecule has 0 unspecified atom stereocenters. The Balaban J connectivity index is 1.96. The molecule has 0 saturated heterocycles. The van der Waals surface area contributed by atoms with Gasteiger partial charge in [-0.05, 0) is 19.4 Å². The normalized spacial score (nSPS) is 11.7. The van der Waals surface area contributed by atoms with Gasteiger partial charge in [0, 0.05) is 30.4 Å². The van der Waals surface area contributed by atoms with E-state index in [-0.39, 0.29) is 16.3 Å². The molecule has 2 N–H and O–H groups in total. The first-order valence-electron chi connectivity index (χ1n) is 6.19. The predicted molar refractivity (Wildman–Crippen MR) is 78.0 cm³/mol. The minimum atomic E-state index is -3.67. The van der Waals surface area contributed by atoms with Crippen molar-refractivity contribution in [2.45, 2.75) is 24.8 Å². The Hall–Kier alpha value is -1.71. The van der Waals surface area contributed by atoms with Gasteiger partial charge in [0.2, 0.25) is 10.0 Å². The average Bonchev–Trinajstić information content (AvgIpc) is 3.04. The van der Waals surface area contributed by atoms with Crippen LogP contribution in [-0.4, -0.2) is 35.6 Å². The van der Waals surface area contributed by atoms with Crippen LogP contribution >= 0.6 is 11.3 Å². The second kappa shape index (κ2) is 6.37. The molecule has 0 bridgehead atoms. The Labute approximate surface area is 126 Å². The highest BCUT2D eigenvalue weighted by Gasteiger charge is 2.21. The summed E-state index contributed by atoms with van der Waals surface area (Å²) in [5.41, 5.74) is 0. The fourth-order valence-corrected chi connectivity index (χ4v) is 4.30. The summed E-state index contributed by atoms with van der Waals surface area (Å²) in [6.45, 7) is 2.53. The molecule has 0 fully saturated rings. The van der Waals surface area contributed by atoms with E-state index in [4.69, 9.17) is 5.11 Å². The minimum Gasteiger partial charge on any atom is -0.477 e. The second-order valence-corrected chi connectivity index (χ2v) is 7.38. The summed E-state index contributed by atoms with van der Waals surface area (Å²) >= 11 is 0.955. The van der Waals surface area contributed by atoms with Crippen molar-refractivity contribution < 1.29 is 18.3 Å². The van der Waals surface area contributed by atoms with Gasteiger partial charge in [-0.15, -0.1) is 11.3 Å². The van der Waals surface area contributed by atoms with Gasteiger partial charge in [0.05, 0.1) is 11.2 Å². The van der Waals surface area contributed by atoms with E-state index in [0.717, 1.165) is 11.3 Å². The SMILES string of the molecule is Cc1sc(C(=O)O)cc1S(=O)(=O)NCCCn1ccnc1. The summed E-state index contributed by atoms with van der Waals surface area (Å²) in [6, 6.07) is 1.19. The molecule has 7 nitrogen and oxygen atoms in total. The molecule has 0 spiro atoms. The minimum absolute atomic E-state index is 0.0197. The standard InChI is InChI=1S/C12H15N3O4S2/c1-9-11(7-10(20-9)12(16)17)21(18,19)14-3-2-5-15-6-4-13-8-15/h4,6-8,14H,2-3,5H2,1H3,(H,16,17). The summed E-state index contributed by atoms with van der Waals surface area (Å²) < 4.78 is 28.6. The molecule has 2 aromatic heterocycles. The summed E-state index contributed by atoms with van der Waals surface area (Å²) in [5.74, 6) is -1.12. The summed E-state index contributed by atoms with van der Waals surface area (Å²) in [7, 11) is -3.67. The van der Waals surface area contributed by atoms with Crippen LogP contribution < -0.4 is 4.72 Å². The highest BCUT2D eigenvalue weighted by molar-refractivity contribution is 7.89. The first kappa shape index (κ1) is 15.7. The van der Waals surface area contributed by atoms with Crippen LogP contribution in [0.25, 0.3) is 0 Å². The topological polar surface area (TPSA) is 101 Å². The fourth-order valence-electron chi connectivity index (χ4n) is 1.80. The van der Waals surface area contributed by atoms with Gasteiger partial charge in [-0.2, -0.15) is 0 Å². The van der Waals surface area contributed by atoms with Gasteiger partial charge < -0.3 is 9.67 Å². The zero-order valence-corrected chi connectivity index (χ0v) is 12.9. The van der Waals surface area contributed by atoms with Crippen LogP contribution in [0.4, 0.5) is 0 Å². The van der Waals surface area contributed by atoms with Crippen molar-refractivity contribution in [3.05, 3.63) is 34.5 Å². The monoisotopic (exact) mass is 329 g/mol. The third kappa shape index (κ3) is 3.90. The first-order valence-corrected chi connectivity index (χ1v) is 8.49. The molecule has 2 heterocycles. The maximum Gasteiger partial charge on any atom is 0.345 e. The first-order chi connectivity index (χ1) is 9.90. The van der Waals surface area contributed by atoms with Gasteiger partial charge in [-0.25, -0.2) is 22.9 Å². The molecule has 0 aromatic carbocycles. The zero-order valence-electron chi connectivity index (χ0n) is 11.3. The predicted octanol–water partition coefficient (Wildman–Crippen LogP) is 1.32. The molecule has 0 amide bonds. The van der Waals surface area contributed by atoms with Crippen LogP contribution in [0.2, 0.25) is 0 Å². The number of hydrogen-bond acceptors (Lipinski definition) is 5. The number of sulfonamides is 1. The van der Waals surface area contributed by atoms with E-state index < -0.39 is 16.0 Å². The van der Waals surface area contributed by atoms with Crippen LogP contribution in [0.5, 0.6) is 0 Å². The quantitative estimate of drug-likeness (QED) is 0.746. The second-order valence-electron chi connectivity index (χ2n) is 4.39. The van der Waals surface area contributed by atoms with Gasteiger partial charge in [-0.1, -0.05) is 0 Å². The van der Waals surface area contributed by atoms with Crippen LogP contribution in [0, 0.1) is 6.92 Å². The third-order valence-electron chi connectivity index (χ3n) is 2.82. The number of aromatic nitrogens is 2. The van der Waals surface area contributed by atoms with Crippen molar-refractivity contribution in [1.82, 2.24) is 14.3 Å². The number of nitrogens with one attached hydrogen (secondary N) is 1. The Bertz CT molecular complexity index is 720. The smallest absolute Gasteiger partial charge is 0.345 e. The maximum absolute atomic E-state index is 12.1. The fraction of sp³-hybridized carbons (Fsp3) is 0.333. The van der Waals surface area contributed by atoms with Gasteiger partial charge in [0.1, 0.15) is 4.88 Å². The van der Waals surface area contributed by atoms with Crippen molar-refractivity contribution in [1.29, 1.82) is 0 Å². The van der Waals surface area contributed by atoms with Crippen LogP contribution in [0.15, 0.2) is 29.7 Å². The maximum atomic E-state index is 12.1. The average molecular weight is 329 g/mol. The zero-order chi connectivity index (χ0) is 15.5. The number of rotatable bonds is 7. The number of imidazole rings is 1. The number of carboxylic acids is 1. The van der Waals surface area contributed by atoms with E-state index in [1.807, 2.05) is 4.57 Å². The Morgan fingerprint density at radius 3 is 2.86 bits per heavy atom. The Morgan fingerprint density at radius 1 is 1.52 bits per heavy atom. The van der Waals surface area contributed by atoms with Crippen molar-refractivity contribution in [3.8, 4) is 0 Å². The molecule has 0 aliphatic rings. The number of hydrogen-bond donors (Lipinski definition) is 2. The molecular weight excluding hydrogens is 314 g/mol. The number of thiophene rings is 1. The molecule has 0 radical (unpaired) electrons. The van der Waals surface area contributed by atoms with Crippen molar-refractivity contribution in [2.24, 2.45) is 0 Å².